The second kappa shape index (κ2) is 8.73. The van der Waals surface area contributed by atoms with E-state index in [1.807, 2.05) is 10.7 Å². The first-order chi connectivity index (χ1) is 12.7. The third-order valence-corrected chi connectivity index (χ3v) is 5.08. The molecule has 0 aliphatic carbocycles. The van der Waals surface area contributed by atoms with Crippen molar-refractivity contribution in [3.05, 3.63) is 41.1 Å². The highest BCUT2D eigenvalue weighted by Gasteiger charge is 2.24. The third-order valence-electron chi connectivity index (χ3n) is 5.08. The zero-order chi connectivity index (χ0) is 20.2. The van der Waals surface area contributed by atoms with Gasteiger partial charge in [-0.3, -0.25) is 4.79 Å². The Labute approximate surface area is 164 Å². The number of carbonyl (C=O) groups is 1. The van der Waals surface area contributed by atoms with Gasteiger partial charge in [0.15, 0.2) is 0 Å². The molecule has 1 atom stereocenters. The monoisotopic (exact) mass is 369 g/mol. The standard InChI is InChI=1S/C23H35N3O/c1-8-10-11-18(9-2)22(27)24-21-15-20(23(5,6)7)25-26(21)19-13-12-16(3)14-17(19)4/h12-15,18H,8-11H2,1-7H3,(H,24,27). The quantitative estimate of drug-likeness (QED) is 0.656. The van der Waals surface area contributed by atoms with E-state index in [4.69, 9.17) is 5.10 Å². The Bertz CT molecular complexity index is 783. The Hall–Kier alpha value is -2.10. The van der Waals surface area contributed by atoms with Gasteiger partial charge >= 0.3 is 0 Å². The van der Waals surface area contributed by atoms with Crippen molar-refractivity contribution in [2.24, 2.45) is 5.92 Å². The van der Waals surface area contributed by atoms with Gasteiger partial charge in [0.05, 0.1) is 11.4 Å². The first-order valence-electron chi connectivity index (χ1n) is 10.2. The lowest BCUT2D eigenvalue weighted by atomic mass is 9.92. The average Bonchev–Trinajstić information content (AvgIpc) is 2.99. The van der Waals surface area contributed by atoms with Crippen LogP contribution in [0.5, 0.6) is 0 Å². The third kappa shape index (κ3) is 5.21. The Morgan fingerprint density at radius 3 is 2.44 bits per heavy atom. The maximum absolute atomic E-state index is 12.9. The second-order valence-corrected chi connectivity index (χ2v) is 8.60. The zero-order valence-corrected chi connectivity index (χ0v) is 18.0. The summed E-state index contributed by atoms with van der Waals surface area (Å²) in [6, 6.07) is 8.33. The van der Waals surface area contributed by atoms with E-state index < -0.39 is 0 Å². The fraction of sp³-hybridized carbons (Fsp3) is 0.565. The van der Waals surface area contributed by atoms with Crippen LogP contribution in [0.2, 0.25) is 0 Å². The largest absolute Gasteiger partial charge is 0.310 e. The Kier molecular flexibility index (Phi) is 6.85. The summed E-state index contributed by atoms with van der Waals surface area (Å²) in [5.41, 5.74) is 4.26. The van der Waals surface area contributed by atoms with E-state index in [1.54, 1.807) is 0 Å². The molecule has 0 saturated carbocycles. The molecule has 4 heteroatoms. The van der Waals surface area contributed by atoms with Crippen LogP contribution >= 0.6 is 0 Å². The number of carbonyl (C=O) groups excluding carboxylic acids is 1. The van der Waals surface area contributed by atoms with Crippen molar-refractivity contribution < 1.29 is 4.79 Å². The summed E-state index contributed by atoms with van der Waals surface area (Å²) in [5.74, 6) is 0.898. The van der Waals surface area contributed by atoms with Crippen LogP contribution in [0.3, 0.4) is 0 Å². The molecule has 1 aromatic heterocycles. The van der Waals surface area contributed by atoms with E-state index in [1.165, 1.54) is 5.56 Å². The normalized spacial score (nSPS) is 12.9. The van der Waals surface area contributed by atoms with Crippen molar-refractivity contribution in [1.82, 2.24) is 9.78 Å². The van der Waals surface area contributed by atoms with Crippen LogP contribution in [0.4, 0.5) is 5.82 Å². The summed E-state index contributed by atoms with van der Waals surface area (Å²) in [6.07, 6.45) is 3.98. The summed E-state index contributed by atoms with van der Waals surface area (Å²) in [6.45, 7) is 14.8. The zero-order valence-electron chi connectivity index (χ0n) is 18.0. The van der Waals surface area contributed by atoms with Crippen LogP contribution in [0.25, 0.3) is 5.69 Å². The Morgan fingerprint density at radius 1 is 1.19 bits per heavy atom. The minimum atomic E-state index is -0.0876. The molecule has 4 nitrogen and oxygen atoms in total. The smallest absolute Gasteiger partial charge is 0.228 e. The number of hydrogen-bond acceptors (Lipinski definition) is 2. The number of benzene rings is 1. The molecular formula is C23H35N3O. The molecule has 2 aromatic rings. The number of unbranched alkanes of at least 4 members (excludes halogenated alkanes) is 1. The SMILES string of the molecule is CCCCC(CC)C(=O)Nc1cc(C(C)(C)C)nn1-c1ccc(C)cc1C. The number of aromatic nitrogens is 2. The Morgan fingerprint density at radius 2 is 1.89 bits per heavy atom. The predicted molar refractivity (Wildman–Crippen MR) is 114 cm³/mol. The lowest BCUT2D eigenvalue weighted by molar-refractivity contribution is -0.120. The van der Waals surface area contributed by atoms with Gasteiger partial charge in [-0.1, -0.05) is 65.2 Å². The molecule has 1 unspecified atom stereocenters. The van der Waals surface area contributed by atoms with Gasteiger partial charge in [0.25, 0.3) is 0 Å². The van der Waals surface area contributed by atoms with Gasteiger partial charge in [0.1, 0.15) is 5.82 Å². The molecule has 0 aliphatic heterocycles. The highest BCUT2D eigenvalue weighted by Crippen LogP contribution is 2.28. The number of amides is 1. The molecule has 0 spiro atoms. The lowest BCUT2D eigenvalue weighted by Gasteiger charge is -2.16. The predicted octanol–water partition coefficient (Wildman–Crippen LogP) is 5.94. The van der Waals surface area contributed by atoms with E-state index in [0.717, 1.165) is 48.4 Å². The van der Waals surface area contributed by atoms with Gasteiger partial charge in [-0.05, 0) is 38.3 Å². The molecule has 0 aliphatic rings. The Balaban J connectivity index is 2.42. The van der Waals surface area contributed by atoms with Crippen LogP contribution in [0.15, 0.2) is 24.3 Å². The fourth-order valence-corrected chi connectivity index (χ4v) is 3.26. The fourth-order valence-electron chi connectivity index (χ4n) is 3.26. The molecule has 0 fully saturated rings. The summed E-state index contributed by atoms with van der Waals surface area (Å²) >= 11 is 0. The van der Waals surface area contributed by atoms with Crippen LogP contribution in [-0.4, -0.2) is 15.7 Å². The molecule has 27 heavy (non-hydrogen) atoms. The molecular weight excluding hydrogens is 334 g/mol. The minimum absolute atomic E-state index is 0.0468. The lowest BCUT2D eigenvalue weighted by Crippen LogP contribution is -2.23. The number of rotatable bonds is 7. The second-order valence-electron chi connectivity index (χ2n) is 8.60. The maximum atomic E-state index is 12.9. The van der Waals surface area contributed by atoms with Gasteiger partial charge in [-0.15, -0.1) is 0 Å². The van der Waals surface area contributed by atoms with E-state index in [9.17, 15) is 4.79 Å². The van der Waals surface area contributed by atoms with Gasteiger partial charge < -0.3 is 5.32 Å². The molecule has 2 rings (SSSR count). The molecule has 148 valence electrons. The summed E-state index contributed by atoms with van der Waals surface area (Å²) in [7, 11) is 0. The highest BCUT2D eigenvalue weighted by molar-refractivity contribution is 5.92. The van der Waals surface area contributed by atoms with Gasteiger partial charge in [-0.2, -0.15) is 5.10 Å². The van der Waals surface area contributed by atoms with E-state index in [0.29, 0.717) is 0 Å². The minimum Gasteiger partial charge on any atom is -0.310 e. The number of nitrogens with zero attached hydrogens (tertiary/aromatic N) is 2. The first-order valence-corrected chi connectivity index (χ1v) is 10.2. The van der Waals surface area contributed by atoms with Crippen molar-refractivity contribution in [3.63, 3.8) is 0 Å². The van der Waals surface area contributed by atoms with Crippen molar-refractivity contribution in [2.75, 3.05) is 5.32 Å². The topological polar surface area (TPSA) is 46.9 Å². The van der Waals surface area contributed by atoms with Crippen LogP contribution in [0.1, 0.15) is 77.1 Å². The molecule has 1 aromatic carbocycles. The molecule has 0 saturated heterocycles. The van der Waals surface area contributed by atoms with Crippen molar-refractivity contribution in [1.29, 1.82) is 0 Å². The van der Waals surface area contributed by atoms with E-state index in [-0.39, 0.29) is 17.2 Å². The molecule has 0 radical (unpaired) electrons. The van der Waals surface area contributed by atoms with E-state index in [2.05, 4.69) is 72.0 Å². The van der Waals surface area contributed by atoms with E-state index >= 15 is 0 Å². The van der Waals surface area contributed by atoms with Crippen molar-refractivity contribution in [3.8, 4) is 5.69 Å². The van der Waals surface area contributed by atoms with Crippen molar-refractivity contribution >= 4 is 11.7 Å². The highest BCUT2D eigenvalue weighted by atomic mass is 16.2. The maximum Gasteiger partial charge on any atom is 0.228 e. The van der Waals surface area contributed by atoms with Crippen LogP contribution < -0.4 is 5.32 Å². The average molecular weight is 370 g/mol. The summed E-state index contributed by atoms with van der Waals surface area (Å²) < 4.78 is 1.89. The molecule has 1 amide bonds. The van der Waals surface area contributed by atoms with Gasteiger partial charge in [0, 0.05) is 17.4 Å². The van der Waals surface area contributed by atoms with Crippen LogP contribution in [0, 0.1) is 19.8 Å². The van der Waals surface area contributed by atoms with Gasteiger partial charge in [-0.25, -0.2) is 4.68 Å². The first kappa shape index (κ1) is 21.2. The molecule has 0 bridgehead atoms. The summed E-state index contributed by atoms with van der Waals surface area (Å²) in [5, 5.41) is 8.01. The number of aryl methyl sites for hydroxylation is 2. The molecule has 1 heterocycles. The molecule has 1 N–H and O–H groups in total. The van der Waals surface area contributed by atoms with Gasteiger partial charge in [0.2, 0.25) is 5.91 Å². The number of nitrogens with one attached hydrogen (secondary N) is 1. The number of anilines is 1. The van der Waals surface area contributed by atoms with Crippen LogP contribution in [-0.2, 0) is 10.2 Å². The van der Waals surface area contributed by atoms with Crippen molar-refractivity contribution in [2.45, 2.75) is 79.6 Å². The summed E-state index contributed by atoms with van der Waals surface area (Å²) in [4.78, 5) is 12.9. The number of hydrogen-bond donors (Lipinski definition) is 1.